The largest absolute Gasteiger partial charge is 0.337 e. The summed E-state index contributed by atoms with van der Waals surface area (Å²) in [7, 11) is 0. The fraction of sp³-hybridized carbons (Fsp3) is 0.533. The normalized spacial score (nSPS) is 12.2. The van der Waals surface area contributed by atoms with E-state index in [1.807, 2.05) is 30.9 Å². The number of likely N-dealkylation sites (N-methyl/N-ethyl adjacent to an activating group) is 1. The number of rotatable bonds is 6. The van der Waals surface area contributed by atoms with Crippen molar-refractivity contribution >= 4 is 5.91 Å². The van der Waals surface area contributed by atoms with E-state index in [0.717, 1.165) is 18.4 Å². The van der Waals surface area contributed by atoms with Gasteiger partial charge in [-0.1, -0.05) is 43.2 Å². The lowest BCUT2D eigenvalue weighted by Gasteiger charge is -2.24. The van der Waals surface area contributed by atoms with Crippen molar-refractivity contribution in [3.8, 4) is 0 Å². The number of nitrogens with two attached hydrogens (primary N) is 1. The molecule has 0 radical (unpaired) electrons. The smallest absolute Gasteiger partial charge is 0.239 e. The predicted octanol–water partition coefficient (Wildman–Crippen LogP) is 2.47. The molecule has 0 saturated heterocycles. The third-order valence-electron chi connectivity index (χ3n) is 3.07. The minimum Gasteiger partial charge on any atom is -0.337 e. The summed E-state index contributed by atoms with van der Waals surface area (Å²) in [6.07, 6.45) is 1.69. The molecule has 100 valence electrons. The zero-order valence-corrected chi connectivity index (χ0v) is 11.6. The number of nitrogens with zero attached hydrogens (tertiary/aromatic N) is 1. The fourth-order valence-corrected chi connectivity index (χ4v) is 2.05. The molecule has 0 aliphatic heterocycles. The van der Waals surface area contributed by atoms with E-state index in [-0.39, 0.29) is 11.9 Å². The van der Waals surface area contributed by atoms with Crippen LogP contribution in [0.3, 0.4) is 0 Å². The highest BCUT2D eigenvalue weighted by molar-refractivity contribution is 5.81. The highest BCUT2D eigenvalue weighted by Crippen LogP contribution is 2.09. The van der Waals surface area contributed by atoms with Gasteiger partial charge >= 0.3 is 0 Å². The number of benzene rings is 1. The second-order valence-corrected chi connectivity index (χ2v) is 4.74. The van der Waals surface area contributed by atoms with Crippen LogP contribution < -0.4 is 5.73 Å². The molecular formula is C15H24N2O. The molecule has 1 atom stereocenters. The van der Waals surface area contributed by atoms with Crippen LogP contribution in [-0.4, -0.2) is 23.4 Å². The fourth-order valence-electron chi connectivity index (χ4n) is 2.05. The molecular weight excluding hydrogens is 224 g/mol. The summed E-state index contributed by atoms with van der Waals surface area (Å²) in [6.45, 7) is 7.44. The van der Waals surface area contributed by atoms with Crippen molar-refractivity contribution in [1.82, 2.24) is 4.90 Å². The second-order valence-electron chi connectivity index (χ2n) is 4.74. The van der Waals surface area contributed by atoms with Gasteiger partial charge in [-0.15, -0.1) is 0 Å². The number of hydrogen-bond donors (Lipinski definition) is 1. The molecule has 0 aromatic heterocycles. The molecule has 3 heteroatoms. The molecule has 1 amide bonds. The Morgan fingerprint density at radius 3 is 2.67 bits per heavy atom. The molecule has 0 bridgehead atoms. The Kier molecular flexibility index (Phi) is 5.86. The molecule has 0 unspecified atom stereocenters. The first kappa shape index (κ1) is 14.7. The first-order valence-corrected chi connectivity index (χ1v) is 6.68. The first-order chi connectivity index (χ1) is 8.58. The number of carbonyl (C=O) groups is 1. The van der Waals surface area contributed by atoms with Gasteiger partial charge in [-0.25, -0.2) is 0 Å². The van der Waals surface area contributed by atoms with Crippen molar-refractivity contribution in [2.24, 2.45) is 5.73 Å². The van der Waals surface area contributed by atoms with E-state index in [0.29, 0.717) is 13.1 Å². The maximum atomic E-state index is 12.2. The zero-order chi connectivity index (χ0) is 13.5. The molecule has 1 rings (SSSR count). The number of amides is 1. The van der Waals surface area contributed by atoms with Gasteiger partial charge in [-0.05, 0) is 25.8 Å². The molecule has 0 spiro atoms. The molecule has 1 aromatic rings. The molecule has 2 N–H and O–H groups in total. The van der Waals surface area contributed by atoms with Crippen molar-refractivity contribution in [2.45, 2.75) is 46.2 Å². The minimum atomic E-state index is -0.361. The van der Waals surface area contributed by atoms with Crippen LogP contribution in [0.5, 0.6) is 0 Å². The van der Waals surface area contributed by atoms with E-state index < -0.39 is 0 Å². The summed E-state index contributed by atoms with van der Waals surface area (Å²) in [5.41, 5.74) is 8.27. The molecule has 0 aliphatic carbocycles. The maximum absolute atomic E-state index is 12.2. The molecule has 18 heavy (non-hydrogen) atoms. The molecule has 0 heterocycles. The molecule has 0 fully saturated rings. The summed E-state index contributed by atoms with van der Waals surface area (Å²) >= 11 is 0. The Morgan fingerprint density at radius 2 is 2.11 bits per heavy atom. The monoisotopic (exact) mass is 248 g/mol. The van der Waals surface area contributed by atoms with Crippen LogP contribution in [0.4, 0.5) is 0 Å². The summed E-state index contributed by atoms with van der Waals surface area (Å²) in [4.78, 5) is 14.0. The average molecular weight is 248 g/mol. The summed E-state index contributed by atoms with van der Waals surface area (Å²) in [5.74, 6) is 0.0563. The van der Waals surface area contributed by atoms with Gasteiger partial charge in [-0.2, -0.15) is 0 Å². The number of hydrogen-bond acceptors (Lipinski definition) is 2. The molecule has 1 aromatic carbocycles. The Balaban J connectivity index is 2.69. The Hall–Kier alpha value is -1.35. The van der Waals surface area contributed by atoms with Crippen molar-refractivity contribution in [1.29, 1.82) is 0 Å². The van der Waals surface area contributed by atoms with Crippen molar-refractivity contribution in [3.63, 3.8) is 0 Å². The van der Waals surface area contributed by atoms with Crippen molar-refractivity contribution < 1.29 is 4.79 Å². The third-order valence-corrected chi connectivity index (χ3v) is 3.07. The minimum absolute atomic E-state index is 0.0563. The highest BCUT2D eigenvalue weighted by atomic mass is 16.2. The van der Waals surface area contributed by atoms with Crippen LogP contribution in [0.1, 0.15) is 37.8 Å². The lowest BCUT2D eigenvalue weighted by molar-refractivity contribution is -0.133. The van der Waals surface area contributed by atoms with Crippen LogP contribution in [0.15, 0.2) is 24.3 Å². The number of carbonyl (C=O) groups excluding carboxylic acids is 1. The predicted molar refractivity (Wildman–Crippen MR) is 75.2 cm³/mol. The number of aryl methyl sites for hydroxylation is 1. The van der Waals surface area contributed by atoms with Gasteiger partial charge in [0.2, 0.25) is 5.91 Å². The summed E-state index contributed by atoms with van der Waals surface area (Å²) < 4.78 is 0. The third kappa shape index (κ3) is 4.15. The topological polar surface area (TPSA) is 46.3 Å². The van der Waals surface area contributed by atoms with Gasteiger partial charge < -0.3 is 10.6 Å². The van der Waals surface area contributed by atoms with E-state index in [2.05, 4.69) is 19.1 Å². The van der Waals surface area contributed by atoms with E-state index in [9.17, 15) is 4.79 Å². The van der Waals surface area contributed by atoms with Gasteiger partial charge in [0, 0.05) is 13.1 Å². The zero-order valence-electron chi connectivity index (χ0n) is 11.6. The van der Waals surface area contributed by atoms with E-state index in [1.165, 1.54) is 5.56 Å². The van der Waals surface area contributed by atoms with Gasteiger partial charge in [0.1, 0.15) is 0 Å². The van der Waals surface area contributed by atoms with Crippen LogP contribution in [-0.2, 0) is 11.3 Å². The van der Waals surface area contributed by atoms with Crippen molar-refractivity contribution in [2.75, 3.05) is 6.54 Å². The van der Waals surface area contributed by atoms with Gasteiger partial charge in [0.15, 0.2) is 0 Å². The Bertz CT molecular complexity index is 390. The van der Waals surface area contributed by atoms with Crippen LogP contribution >= 0.6 is 0 Å². The molecule has 3 nitrogen and oxygen atoms in total. The summed E-state index contributed by atoms with van der Waals surface area (Å²) in [6, 6.07) is 7.88. The standard InChI is InChI=1S/C15H24N2O/c1-4-7-14(16)15(18)17(5-2)11-13-9-6-8-12(3)10-13/h6,8-10,14H,4-5,7,11,16H2,1-3H3/t14-/m0/s1. The van der Waals surface area contributed by atoms with E-state index in [4.69, 9.17) is 5.73 Å². The van der Waals surface area contributed by atoms with Crippen LogP contribution in [0, 0.1) is 6.92 Å². The van der Waals surface area contributed by atoms with Gasteiger partial charge in [0.25, 0.3) is 0 Å². The summed E-state index contributed by atoms with van der Waals surface area (Å²) in [5, 5.41) is 0. The highest BCUT2D eigenvalue weighted by Gasteiger charge is 2.18. The first-order valence-electron chi connectivity index (χ1n) is 6.68. The Morgan fingerprint density at radius 1 is 1.39 bits per heavy atom. The molecule has 0 aliphatic rings. The Labute approximate surface area is 110 Å². The van der Waals surface area contributed by atoms with Crippen LogP contribution in [0.25, 0.3) is 0 Å². The average Bonchev–Trinajstić information content (AvgIpc) is 2.35. The lowest BCUT2D eigenvalue weighted by Crippen LogP contribution is -2.43. The second kappa shape index (κ2) is 7.17. The van der Waals surface area contributed by atoms with Crippen LogP contribution in [0.2, 0.25) is 0 Å². The molecule has 0 saturated carbocycles. The maximum Gasteiger partial charge on any atom is 0.239 e. The van der Waals surface area contributed by atoms with Gasteiger partial charge in [0.05, 0.1) is 6.04 Å². The van der Waals surface area contributed by atoms with Gasteiger partial charge in [-0.3, -0.25) is 4.79 Å². The van der Waals surface area contributed by atoms with E-state index >= 15 is 0 Å². The quantitative estimate of drug-likeness (QED) is 0.840. The van der Waals surface area contributed by atoms with Crippen molar-refractivity contribution in [3.05, 3.63) is 35.4 Å². The lowest BCUT2D eigenvalue weighted by atomic mass is 10.1. The van der Waals surface area contributed by atoms with E-state index in [1.54, 1.807) is 0 Å². The SMILES string of the molecule is CCC[C@H](N)C(=O)N(CC)Cc1cccc(C)c1.